The van der Waals surface area contributed by atoms with Crippen molar-refractivity contribution < 1.29 is 4.74 Å². The fraction of sp³-hybridized carbons (Fsp3) is 0.500. The van der Waals surface area contributed by atoms with Crippen LogP contribution >= 0.6 is 0 Å². The summed E-state index contributed by atoms with van der Waals surface area (Å²) in [6, 6.07) is 7.76. The highest BCUT2D eigenvalue weighted by Crippen LogP contribution is 2.06. The molecular formula is C14H18N4O2. The fourth-order valence-corrected chi connectivity index (χ4v) is 2.45. The van der Waals surface area contributed by atoms with E-state index in [4.69, 9.17) is 4.74 Å². The maximum atomic E-state index is 12.2. The maximum Gasteiger partial charge on any atom is 0.277 e. The van der Waals surface area contributed by atoms with Crippen molar-refractivity contribution in [3.8, 4) is 0 Å². The molecule has 6 nitrogen and oxygen atoms in total. The van der Waals surface area contributed by atoms with Gasteiger partial charge < -0.3 is 10.1 Å². The third-order valence-corrected chi connectivity index (χ3v) is 3.61. The first kappa shape index (κ1) is 13.2. The Morgan fingerprint density at radius 2 is 2.10 bits per heavy atom. The Hall–Kier alpha value is -1.79. The number of hydrogen-bond donors (Lipinski definition) is 1. The minimum absolute atomic E-state index is 0.0793. The summed E-state index contributed by atoms with van der Waals surface area (Å²) in [5.41, 5.74) is 0.565. The average Bonchev–Trinajstić information content (AvgIpc) is 2.51. The van der Waals surface area contributed by atoms with Crippen molar-refractivity contribution in [3.05, 3.63) is 34.6 Å². The van der Waals surface area contributed by atoms with Crippen LogP contribution in [0.2, 0.25) is 0 Å². The highest BCUT2D eigenvalue weighted by atomic mass is 16.5. The first-order chi connectivity index (χ1) is 9.84. The van der Waals surface area contributed by atoms with E-state index in [9.17, 15) is 4.79 Å². The lowest BCUT2D eigenvalue weighted by molar-refractivity contribution is 0.0777. The molecule has 1 fully saturated rings. The van der Waals surface area contributed by atoms with Gasteiger partial charge in [0.15, 0.2) is 0 Å². The molecule has 0 spiro atoms. The normalized spacial score (nSPS) is 16.6. The minimum Gasteiger partial charge on any atom is -0.381 e. The van der Waals surface area contributed by atoms with Crippen LogP contribution in [-0.2, 0) is 11.3 Å². The summed E-state index contributed by atoms with van der Waals surface area (Å²) in [5, 5.41) is 12.1. The van der Waals surface area contributed by atoms with Gasteiger partial charge in [0.1, 0.15) is 5.52 Å². The van der Waals surface area contributed by atoms with Crippen LogP contribution in [0.5, 0.6) is 0 Å². The van der Waals surface area contributed by atoms with E-state index in [-0.39, 0.29) is 5.56 Å². The molecule has 0 unspecified atom stereocenters. The van der Waals surface area contributed by atoms with E-state index in [2.05, 4.69) is 15.6 Å². The van der Waals surface area contributed by atoms with Crippen LogP contribution in [0.1, 0.15) is 12.8 Å². The van der Waals surface area contributed by atoms with Gasteiger partial charge in [0.25, 0.3) is 5.56 Å². The maximum absolute atomic E-state index is 12.2. The number of fused-ring (bicyclic) bond motifs is 1. The Labute approximate surface area is 116 Å². The number of benzene rings is 1. The van der Waals surface area contributed by atoms with E-state index in [0.717, 1.165) is 32.6 Å². The molecule has 1 aromatic carbocycles. The Bertz CT molecular complexity index is 634. The summed E-state index contributed by atoms with van der Waals surface area (Å²) in [6.45, 7) is 2.88. The van der Waals surface area contributed by atoms with Crippen LogP contribution in [0.25, 0.3) is 10.9 Å². The second-order valence-corrected chi connectivity index (χ2v) is 4.98. The molecule has 1 aromatic heterocycles. The molecule has 0 bridgehead atoms. The summed E-state index contributed by atoms with van der Waals surface area (Å²) in [6.07, 6.45) is 2.05. The van der Waals surface area contributed by atoms with Crippen molar-refractivity contribution in [2.45, 2.75) is 25.4 Å². The molecule has 1 aliphatic heterocycles. The van der Waals surface area contributed by atoms with E-state index < -0.39 is 0 Å². The third kappa shape index (κ3) is 2.86. The summed E-state index contributed by atoms with van der Waals surface area (Å²) in [5.74, 6) is 0. The lowest BCUT2D eigenvalue weighted by atomic mass is 10.1. The van der Waals surface area contributed by atoms with E-state index >= 15 is 0 Å². The number of rotatable bonds is 4. The van der Waals surface area contributed by atoms with Crippen LogP contribution in [-0.4, -0.2) is 40.8 Å². The van der Waals surface area contributed by atoms with Crippen molar-refractivity contribution in [2.75, 3.05) is 19.8 Å². The van der Waals surface area contributed by atoms with E-state index in [0.29, 0.717) is 23.5 Å². The highest BCUT2D eigenvalue weighted by molar-refractivity contribution is 5.76. The van der Waals surface area contributed by atoms with Crippen molar-refractivity contribution in [3.63, 3.8) is 0 Å². The van der Waals surface area contributed by atoms with Crippen LogP contribution in [0.3, 0.4) is 0 Å². The van der Waals surface area contributed by atoms with Gasteiger partial charge in [-0.1, -0.05) is 17.3 Å². The lowest BCUT2D eigenvalue weighted by Gasteiger charge is -2.23. The van der Waals surface area contributed by atoms with Crippen molar-refractivity contribution >= 4 is 10.9 Å². The van der Waals surface area contributed by atoms with Gasteiger partial charge in [-0.3, -0.25) is 4.79 Å². The van der Waals surface area contributed by atoms with Gasteiger partial charge >= 0.3 is 0 Å². The first-order valence-electron chi connectivity index (χ1n) is 6.98. The van der Waals surface area contributed by atoms with Gasteiger partial charge in [-0.05, 0) is 25.0 Å². The van der Waals surface area contributed by atoms with Gasteiger partial charge in [-0.15, -0.1) is 5.10 Å². The average molecular weight is 274 g/mol. The zero-order chi connectivity index (χ0) is 13.8. The highest BCUT2D eigenvalue weighted by Gasteiger charge is 2.12. The molecule has 106 valence electrons. The molecule has 1 saturated heterocycles. The predicted octanol–water partition coefficient (Wildman–Crippen LogP) is 0.560. The molecular weight excluding hydrogens is 256 g/mol. The molecule has 3 rings (SSSR count). The largest absolute Gasteiger partial charge is 0.381 e. The van der Waals surface area contributed by atoms with E-state index in [1.54, 1.807) is 12.1 Å². The lowest BCUT2D eigenvalue weighted by Crippen LogP contribution is -2.38. The van der Waals surface area contributed by atoms with Crippen LogP contribution in [0, 0.1) is 0 Å². The summed E-state index contributed by atoms with van der Waals surface area (Å²) < 4.78 is 6.74. The van der Waals surface area contributed by atoms with Crippen molar-refractivity contribution in [1.29, 1.82) is 0 Å². The minimum atomic E-state index is -0.0793. The van der Waals surface area contributed by atoms with Gasteiger partial charge in [0.2, 0.25) is 0 Å². The van der Waals surface area contributed by atoms with Crippen molar-refractivity contribution in [1.82, 2.24) is 20.3 Å². The molecule has 0 atom stereocenters. The van der Waals surface area contributed by atoms with Crippen LogP contribution in [0.4, 0.5) is 0 Å². The molecule has 20 heavy (non-hydrogen) atoms. The Morgan fingerprint density at radius 3 is 2.95 bits per heavy atom. The summed E-state index contributed by atoms with van der Waals surface area (Å²) in [7, 11) is 0. The van der Waals surface area contributed by atoms with Crippen LogP contribution in [0.15, 0.2) is 29.1 Å². The number of ether oxygens (including phenoxy) is 1. The number of nitrogens with one attached hydrogen (secondary N) is 1. The molecule has 1 aliphatic rings. The third-order valence-electron chi connectivity index (χ3n) is 3.61. The van der Waals surface area contributed by atoms with Gasteiger partial charge in [0.05, 0.1) is 11.9 Å². The molecule has 1 N–H and O–H groups in total. The van der Waals surface area contributed by atoms with Crippen molar-refractivity contribution in [2.24, 2.45) is 0 Å². The van der Waals surface area contributed by atoms with E-state index in [1.807, 2.05) is 12.1 Å². The predicted molar refractivity (Wildman–Crippen MR) is 75.6 cm³/mol. The second-order valence-electron chi connectivity index (χ2n) is 4.98. The summed E-state index contributed by atoms with van der Waals surface area (Å²) >= 11 is 0. The number of nitrogens with zero attached hydrogens (tertiary/aromatic N) is 3. The molecule has 0 saturated carbocycles. The molecule has 6 heteroatoms. The monoisotopic (exact) mass is 274 g/mol. The zero-order valence-electron chi connectivity index (χ0n) is 11.3. The molecule has 2 aromatic rings. The standard InChI is InChI=1S/C14H18N4O2/c19-14-12-3-1-2-4-13(12)16-17-18(14)8-7-15-11-5-9-20-10-6-11/h1-4,11,15H,5-10H2. The zero-order valence-corrected chi connectivity index (χ0v) is 11.3. The molecule has 0 radical (unpaired) electrons. The van der Waals surface area contributed by atoms with Gasteiger partial charge in [0, 0.05) is 25.8 Å². The topological polar surface area (TPSA) is 69.0 Å². The Balaban J connectivity index is 1.65. The van der Waals surface area contributed by atoms with E-state index in [1.165, 1.54) is 4.68 Å². The SMILES string of the molecule is O=c1c2ccccc2nnn1CCNC1CCOCC1. The molecule has 0 aliphatic carbocycles. The smallest absolute Gasteiger partial charge is 0.277 e. The molecule has 2 heterocycles. The Morgan fingerprint density at radius 1 is 1.30 bits per heavy atom. The van der Waals surface area contributed by atoms with Crippen LogP contribution < -0.4 is 10.9 Å². The first-order valence-corrected chi connectivity index (χ1v) is 6.98. The fourth-order valence-electron chi connectivity index (χ4n) is 2.45. The quantitative estimate of drug-likeness (QED) is 0.882. The second kappa shape index (κ2) is 6.11. The number of aromatic nitrogens is 3. The number of hydrogen-bond acceptors (Lipinski definition) is 5. The van der Waals surface area contributed by atoms with Gasteiger partial charge in [-0.25, -0.2) is 4.68 Å². The van der Waals surface area contributed by atoms with Gasteiger partial charge in [-0.2, -0.15) is 0 Å². The Kier molecular flexibility index (Phi) is 4.03. The molecule has 0 amide bonds. The summed E-state index contributed by atoms with van der Waals surface area (Å²) in [4.78, 5) is 12.2.